The van der Waals surface area contributed by atoms with Gasteiger partial charge in [-0.25, -0.2) is 4.98 Å². The van der Waals surface area contributed by atoms with Gasteiger partial charge in [0.25, 0.3) is 0 Å². The van der Waals surface area contributed by atoms with E-state index >= 15 is 0 Å². The molecule has 0 aliphatic carbocycles. The summed E-state index contributed by atoms with van der Waals surface area (Å²) < 4.78 is 1.87. The van der Waals surface area contributed by atoms with Gasteiger partial charge in [0.2, 0.25) is 5.82 Å². The van der Waals surface area contributed by atoms with E-state index in [1.165, 1.54) is 5.06 Å². The van der Waals surface area contributed by atoms with Crippen LogP contribution in [0.5, 0.6) is 0 Å². The summed E-state index contributed by atoms with van der Waals surface area (Å²) >= 11 is 0. The van der Waals surface area contributed by atoms with E-state index in [1.54, 1.807) is 0 Å². The van der Waals surface area contributed by atoms with Crippen LogP contribution < -0.4 is 0 Å². The Balaban J connectivity index is 2.10. The van der Waals surface area contributed by atoms with Gasteiger partial charge in [0.05, 0.1) is 24.5 Å². The summed E-state index contributed by atoms with van der Waals surface area (Å²) in [5, 5.41) is 24.2. The van der Waals surface area contributed by atoms with Gasteiger partial charge in [-0.05, 0) is 5.21 Å². The van der Waals surface area contributed by atoms with Gasteiger partial charge in [-0.3, -0.25) is 0 Å². The van der Waals surface area contributed by atoms with Gasteiger partial charge in [-0.1, -0.05) is 0 Å². The van der Waals surface area contributed by atoms with E-state index in [0.29, 0.717) is 24.7 Å². The number of fused-ring (bicyclic) bond motifs is 1. The third-order valence-corrected chi connectivity index (χ3v) is 2.51. The smallest absolute Gasteiger partial charge is 0.240 e. The highest BCUT2D eigenvalue weighted by Gasteiger charge is 2.26. The Morgan fingerprint density at radius 3 is 2.93 bits per heavy atom. The number of hydroxylamine groups is 2. The summed E-state index contributed by atoms with van der Waals surface area (Å²) in [6, 6.07) is 0. The molecule has 2 aromatic heterocycles. The molecule has 0 saturated heterocycles. The summed E-state index contributed by atoms with van der Waals surface area (Å²) in [5.41, 5.74) is 1.84. The molecule has 78 valence electrons. The summed E-state index contributed by atoms with van der Waals surface area (Å²) in [6.07, 6.45) is 0. The van der Waals surface area contributed by atoms with Crippen LogP contribution in [0, 0.1) is 0 Å². The zero-order valence-electron chi connectivity index (χ0n) is 8.04. The lowest BCUT2D eigenvalue weighted by molar-refractivity contribution is -0.0984. The molecule has 0 radical (unpaired) electrons. The summed E-state index contributed by atoms with van der Waals surface area (Å²) in [7, 11) is 1.87. The quantitative estimate of drug-likeness (QED) is 0.642. The van der Waals surface area contributed by atoms with Gasteiger partial charge >= 0.3 is 0 Å². The van der Waals surface area contributed by atoms with E-state index in [0.717, 1.165) is 11.4 Å². The molecule has 8 heteroatoms. The SMILES string of the molecule is Cn1c(-c2nn[nH]n2)nc2c1CN(O)C2. The average Bonchev–Trinajstić information content (AvgIpc) is 2.84. The maximum atomic E-state index is 9.32. The van der Waals surface area contributed by atoms with Crippen LogP contribution in [0.15, 0.2) is 0 Å². The predicted molar refractivity (Wildman–Crippen MR) is 47.4 cm³/mol. The van der Waals surface area contributed by atoms with Crippen molar-refractivity contribution in [2.45, 2.75) is 13.1 Å². The first-order chi connectivity index (χ1) is 7.25. The lowest BCUT2D eigenvalue weighted by Crippen LogP contribution is -2.12. The number of hydrogen-bond donors (Lipinski definition) is 2. The summed E-state index contributed by atoms with van der Waals surface area (Å²) in [6.45, 7) is 0.928. The zero-order chi connectivity index (χ0) is 10.4. The molecule has 3 rings (SSSR count). The highest BCUT2D eigenvalue weighted by atomic mass is 16.5. The fourth-order valence-corrected chi connectivity index (χ4v) is 1.77. The topological polar surface area (TPSA) is 95.8 Å². The molecule has 0 spiro atoms. The monoisotopic (exact) mass is 207 g/mol. The first-order valence-corrected chi connectivity index (χ1v) is 4.48. The number of nitrogens with zero attached hydrogens (tertiary/aromatic N) is 6. The molecule has 2 N–H and O–H groups in total. The van der Waals surface area contributed by atoms with Crippen molar-refractivity contribution < 1.29 is 5.21 Å². The second-order valence-corrected chi connectivity index (χ2v) is 3.45. The molecule has 15 heavy (non-hydrogen) atoms. The number of aromatic nitrogens is 6. The van der Waals surface area contributed by atoms with Crippen molar-refractivity contribution in [3.8, 4) is 11.6 Å². The second-order valence-electron chi connectivity index (χ2n) is 3.45. The third-order valence-electron chi connectivity index (χ3n) is 2.51. The van der Waals surface area contributed by atoms with E-state index in [1.807, 2.05) is 11.6 Å². The number of rotatable bonds is 1. The number of imidazole rings is 1. The van der Waals surface area contributed by atoms with Crippen molar-refractivity contribution in [2.24, 2.45) is 7.05 Å². The highest BCUT2D eigenvalue weighted by Crippen LogP contribution is 2.24. The molecule has 8 nitrogen and oxygen atoms in total. The van der Waals surface area contributed by atoms with Crippen LogP contribution in [-0.4, -0.2) is 40.4 Å². The molecule has 0 unspecified atom stereocenters. The van der Waals surface area contributed by atoms with E-state index in [4.69, 9.17) is 0 Å². The Bertz CT molecular complexity index is 488. The molecule has 3 heterocycles. The maximum absolute atomic E-state index is 9.32. The largest absolute Gasteiger partial charge is 0.327 e. The van der Waals surface area contributed by atoms with Crippen molar-refractivity contribution in [3.05, 3.63) is 11.4 Å². The predicted octanol–water partition coefficient (Wildman–Crippen LogP) is -0.695. The molecule has 0 bridgehead atoms. The van der Waals surface area contributed by atoms with Gasteiger partial charge in [-0.15, -0.1) is 10.2 Å². The van der Waals surface area contributed by atoms with E-state index in [9.17, 15) is 5.21 Å². The van der Waals surface area contributed by atoms with Crippen molar-refractivity contribution >= 4 is 0 Å². The Hall–Kier alpha value is -1.80. The van der Waals surface area contributed by atoms with Crippen LogP contribution in [-0.2, 0) is 20.1 Å². The third kappa shape index (κ3) is 1.15. The lowest BCUT2D eigenvalue weighted by Gasteiger charge is -2.05. The lowest BCUT2D eigenvalue weighted by atomic mass is 10.4. The minimum absolute atomic E-state index is 0.445. The van der Waals surface area contributed by atoms with Crippen molar-refractivity contribution in [3.63, 3.8) is 0 Å². The normalized spacial score (nSPS) is 15.9. The molecule has 0 saturated carbocycles. The molecule has 1 aliphatic rings. The van der Waals surface area contributed by atoms with Crippen LogP contribution in [0.1, 0.15) is 11.4 Å². The zero-order valence-corrected chi connectivity index (χ0v) is 8.04. The van der Waals surface area contributed by atoms with Gasteiger partial charge in [0.1, 0.15) is 0 Å². The average molecular weight is 207 g/mol. The van der Waals surface area contributed by atoms with E-state index < -0.39 is 0 Å². The van der Waals surface area contributed by atoms with Crippen molar-refractivity contribution in [2.75, 3.05) is 0 Å². The second kappa shape index (κ2) is 2.84. The van der Waals surface area contributed by atoms with E-state index in [-0.39, 0.29) is 0 Å². The Kier molecular flexibility index (Phi) is 1.61. The molecular formula is C7H9N7O. The highest BCUT2D eigenvalue weighted by molar-refractivity contribution is 5.45. The number of nitrogens with one attached hydrogen (secondary N) is 1. The molecule has 1 aliphatic heterocycles. The van der Waals surface area contributed by atoms with Crippen LogP contribution in [0.3, 0.4) is 0 Å². The Labute approximate surface area is 84.5 Å². The molecule has 2 aromatic rings. The number of H-pyrrole nitrogens is 1. The number of tetrazole rings is 1. The fraction of sp³-hybridized carbons (Fsp3) is 0.429. The van der Waals surface area contributed by atoms with Crippen molar-refractivity contribution in [1.82, 2.24) is 35.2 Å². The molecular weight excluding hydrogens is 198 g/mol. The first-order valence-electron chi connectivity index (χ1n) is 4.48. The standard InChI is InChI=1S/C7H9N7O/c1-13-5-3-14(15)2-4(5)8-7(13)6-9-11-12-10-6/h15H,2-3H2,1H3,(H,9,10,11,12). The van der Waals surface area contributed by atoms with Crippen LogP contribution in [0.4, 0.5) is 0 Å². The maximum Gasteiger partial charge on any atom is 0.240 e. The van der Waals surface area contributed by atoms with Gasteiger partial charge in [-0.2, -0.15) is 10.3 Å². The Morgan fingerprint density at radius 2 is 2.27 bits per heavy atom. The molecule has 0 aromatic carbocycles. The van der Waals surface area contributed by atoms with Gasteiger partial charge in [0, 0.05) is 7.05 Å². The molecule has 0 atom stereocenters. The number of hydrogen-bond acceptors (Lipinski definition) is 6. The Morgan fingerprint density at radius 1 is 1.40 bits per heavy atom. The number of aromatic amines is 1. The van der Waals surface area contributed by atoms with Gasteiger partial charge < -0.3 is 9.77 Å². The van der Waals surface area contributed by atoms with Crippen LogP contribution in [0.2, 0.25) is 0 Å². The minimum Gasteiger partial charge on any atom is -0.327 e. The van der Waals surface area contributed by atoms with Crippen LogP contribution in [0.25, 0.3) is 11.6 Å². The minimum atomic E-state index is 0.445. The first kappa shape index (κ1) is 8.50. The summed E-state index contributed by atoms with van der Waals surface area (Å²) in [5.74, 6) is 1.14. The van der Waals surface area contributed by atoms with E-state index in [2.05, 4.69) is 25.6 Å². The molecule has 0 amide bonds. The van der Waals surface area contributed by atoms with Crippen LogP contribution >= 0.6 is 0 Å². The van der Waals surface area contributed by atoms with Crippen molar-refractivity contribution in [1.29, 1.82) is 0 Å². The van der Waals surface area contributed by atoms with Gasteiger partial charge in [0.15, 0.2) is 5.82 Å². The molecule has 0 fully saturated rings. The fourth-order valence-electron chi connectivity index (χ4n) is 1.77. The summed E-state index contributed by atoms with van der Waals surface area (Å²) in [4.78, 5) is 4.36.